The lowest BCUT2D eigenvalue weighted by Crippen LogP contribution is -1.60. The number of rotatable bonds is 1. The van der Waals surface area contributed by atoms with Crippen molar-refractivity contribution < 1.29 is 9.47 Å². The number of hydrogen-bond donors (Lipinski definition) is 0. The number of methoxy groups -OCH3 is 1. The van der Waals surface area contributed by atoms with Gasteiger partial charge in [0.1, 0.15) is 12.9 Å². The highest BCUT2D eigenvalue weighted by atomic mass is 16.6. The summed E-state index contributed by atoms with van der Waals surface area (Å²) in [7, 11) is 1.61. The molecule has 0 amide bonds. The highest BCUT2D eigenvalue weighted by Gasteiger charge is 2.11. The molecule has 0 aliphatic carbocycles. The van der Waals surface area contributed by atoms with Gasteiger partial charge in [-0.2, -0.15) is 0 Å². The first-order valence-corrected chi connectivity index (χ1v) is 1.78. The van der Waals surface area contributed by atoms with Crippen LogP contribution in [0.2, 0.25) is 0 Å². The summed E-state index contributed by atoms with van der Waals surface area (Å²) in [4.78, 5) is 0. The number of hydrogen-bond acceptors (Lipinski definition) is 2. The fraction of sp³-hybridized carbons (Fsp3) is 0.500. The Morgan fingerprint density at radius 2 is 2.67 bits per heavy atom. The second-order valence-corrected chi connectivity index (χ2v) is 1.11. The summed E-state index contributed by atoms with van der Waals surface area (Å²) in [6, 6.07) is 0. The van der Waals surface area contributed by atoms with E-state index in [1.54, 1.807) is 13.4 Å². The summed E-state index contributed by atoms with van der Waals surface area (Å²) in [5.41, 5.74) is 0. The first kappa shape index (κ1) is 3.53. The molecule has 1 fully saturated rings. The van der Waals surface area contributed by atoms with E-state index in [0.29, 0.717) is 0 Å². The summed E-state index contributed by atoms with van der Waals surface area (Å²) in [5.74, 6) is 0.942. The lowest BCUT2D eigenvalue weighted by molar-refractivity contribution is 0.328. The minimum absolute atomic E-state index is 0.758. The Morgan fingerprint density at radius 1 is 2.00 bits per heavy atom. The van der Waals surface area contributed by atoms with E-state index in [2.05, 4.69) is 9.47 Å². The molecule has 6 heavy (non-hydrogen) atoms. The van der Waals surface area contributed by atoms with E-state index in [9.17, 15) is 0 Å². The fourth-order valence-electron chi connectivity index (χ4n) is 0.241. The molecule has 0 N–H and O–H groups in total. The van der Waals surface area contributed by atoms with Crippen molar-refractivity contribution in [1.82, 2.24) is 0 Å². The topological polar surface area (TPSA) is 21.8 Å². The van der Waals surface area contributed by atoms with Gasteiger partial charge in [-0.05, 0) is 0 Å². The molecule has 0 radical (unpaired) electrons. The Morgan fingerprint density at radius 3 is 2.83 bits per heavy atom. The molecule has 0 bridgehead atoms. The second kappa shape index (κ2) is 1.20. The van der Waals surface area contributed by atoms with E-state index in [4.69, 9.17) is 0 Å². The van der Waals surface area contributed by atoms with Crippen LogP contribution in [0.3, 0.4) is 0 Å². The molecule has 0 spiro atoms. The fourth-order valence-corrected chi connectivity index (χ4v) is 0.241. The van der Waals surface area contributed by atoms with Crippen molar-refractivity contribution in [3.8, 4) is 0 Å². The van der Waals surface area contributed by atoms with Gasteiger partial charge < -0.3 is 9.47 Å². The first-order chi connectivity index (χ1) is 2.93. The molecule has 0 saturated carbocycles. The SMILES string of the molecule is COC=C1CO1. The Kier molecular flexibility index (Phi) is 0.708. The minimum Gasteiger partial charge on any atom is -0.501 e. The van der Waals surface area contributed by atoms with Crippen LogP contribution < -0.4 is 0 Å². The molecule has 0 atom stereocenters. The summed E-state index contributed by atoms with van der Waals surface area (Å²) in [5, 5.41) is 0. The third kappa shape index (κ3) is 0.641. The summed E-state index contributed by atoms with van der Waals surface area (Å²) >= 11 is 0. The molecule has 1 aliphatic heterocycles. The third-order valence-corrected chi connectivity index (χ3v) is 0.560. The summed E-state index contributed by atoms with van der Waals surface area (Å²) < 4.78 is 9.26. The van der Waals surface area contributed by atoms with Gasteiger partial charge in [0.15, 0.2) is 5.76 Å². The molecule has 0 unspecified atom stereocenters. The second-order valence-electron chi connectivity index (χ2n) is 1.11. The van der Waals surface area contributed by atoms with Gasteiger partial charge in [-0.3, -0.25) is 0 Å². The molecular formula is C4H6O2. The summed E-state index contributed by atoms with van der Waals surface area (Å²) in [6.45, 7) is 0.758. The average Bonchev–Trinajstić information content (AvgIpc) is 2.21. The molecule has 2 heteroatoms. The standard InChI is InChI=1S/C4H6O2/c1-5-2-4-3-6-4/h2H,3H2,1H3. The van der Waals surface area contributed by atoms with Gasteiger partial charge in [0.05, 0.1) is 7.11 Å². The lowest BCUT2D eigenvalue weighted by atomic mass is 10.7. The maximum Gasteiger partial charge on any atom is 0.168 e. The first-order valence-electron chi connectivity index (χ1n) is 1.78. The zero-order valence-corrected chi connectivity index (χ0v) is 3.60. The molecule has 34 valence electrons. The van der Waals surface area contributed by atoms with E-state index in [-0.39, 0.29) is 0 Å². The van der Waals surface area contributed by atoms with Crippen LogP contribution in [0.5, 0.6) is 0 Å². The molecule has 1 rings (SSSR count). The van der Waals surface area contributed by atoms with Crippen molar-refractivity contribution in [2.75, 3.05) is 13.7 Å². The Balaban J connectivity index is 2.24. The van der Waals surface area contributed by atoms with Gasteiger partial charge >= 0.3 is 0 Å². The van der Waals surface area contributed by atoms with Crippen molar-refractivity contribution in [2.45, 2.75) is 0 Å². The van der Waals surface area contributed by atoms with Crippen LogP contribution in [0.25, 0.3) is 0 Å². The van der Waals surface area contributed by atoms with Crippen LogP contribution in [0.1, 0.15) is 0 Å². The van der Waals surface area contributed by atoms with E-state index >= 15 is 0 Å². The molecule has 0 aromatic heterocycles. The van der Waals surface area contributed by atoms with Crippen LogP contribution in [-0.2, 0) is 9.47 Å². The van der Waals surface area contributed by atoms with Crippen molar-refractivity contribution >= 4 is 0 Å². The number of epoxide rings is 1. The Labute approximate surface area is 36.4 Å². The molecule has 1 aliphatic rings. The highest BCUT2D eigenvalue weighted by molar-refractivity contribution is 4.99. The van der Waals surface area contributed by atoms with Crippen LogP contribution in [0, 0.1) is 0 Å². The largest absolute Gasteiger partial charge is 0.501 e. The van der Waals surface area contributed by atoms with Gasteiger partial charge in [0.2, 0.25) is 0 Å². The quantitative estimate of drug-likeness (QED) is 0.342. The van der Waals surface area contributed by atoms with Crippen LogP contribution >= 0.6 is 0 Å². The van der Waals surface area contributed by atoms with Crippen molar-refractivity contribution in [2.24, 2.45) is 0 Å². The van der Waals surface area contributed by atoms with Gasteiger partial charge in [0, 0.05) is 0 Å². The van der Waals surface area contributed by atoms with E-state index in [1.165, 1.54) is 0 Å². The van der Waals surface area contributed by atoms with Crippen molar-refractivity contribution in [1.29, 1.82) is 0 Å². The minimum atomic E-state index is 0.758. The number of ether oxygens (including phenoxy) is 2. The van der Waals surface area contributed by atoms with Gasteiger partial charge in [-0.25, -0.2) is 0 Å². The molecule has 2 nitrogen and oxygen atoms in total. The van der Waals surface area contributed by atoms with Gasteiger partial charge in [-0.15, -0.1) is 0 Å². The molecule has 0 aromatic rings. The Hall–Kier alpha value is -0.660. The predicted octanol–water partition coefficient (Wildman–Crippen LogP) is 0.504. The Bertz CT molecular complexity index is 69.6. The van der Waals surface area contributed by atoms with E-state index < -0.39 is 0 Å². The predicted molar refractivity (Wildman–Crippen MR) is 21.0 cm³/mol. The van der Waals surface area contributed by atoms with Gasteiger partial charge in [0.25, 0.3) is 0 Å². The average molecular weight is 86.1 g/mol. The lowest BCUT2D eigenvalue weighted by Gasteiger charge is -1.75. The highest BCUT2D eigenvalue weighted by Crippen LogP contribution is 2.12. The zero-order chi connectivity index (χ0) is 4.41. The molecule has 1 saturated heterocycles. The maximum absolute atomic E-state index is 4.69. The molecule has 0 aromatic carbocycles. The molecular weight excluding hydrogens is 80.0 g/mol. The third-order valence-electron chi connectivity index (χ3n) is 0.560. The van der Waals surface area contributed by atoms with Crippen LogP contribution in [-0.4, -0.2) is 13.7 Å². The van der Waals surface area contributed by atoms with Crippen molar-refractivity contribution in [3.63, 3.8) is 0 Å². The monoisotopic (exact) mass is 86.0 g/mol. The summed E-state index contributed by atoms with van der Waals surface area (Å²) in [6.07, 6.45) is 1.60. The van der Waals surface area contributed by atoms with E-state index in [1.807, 2.05) is 0 Å². The normalized spacial score (nSPS) is 23.2. The van der Waals surface area contributed by atoms with Crippen LogP contribution in [0.4, 0.5) is 0 Å². The smallest absolute Gasteiger partial charge is 0.168 e. The zero-order valence-electron chi connectivity index (χ0n) is 3.60. The maximum atomic E-state index is 4.69. The van der Waals surface area contributed by atoms with Gasteiger partial charge in [-0.1, -0.05) is 0 Å². The van der Waals surface area contributed by atoms with Crippen LogP contribution in [0.15, 0.2) is 12.0 Å². The van der Waals surface area contributed by atoms with E-state index in [0.717, 1.165) is 12.4 Å². The van der Waals surface area contributed by atoms with Crippen molar-refractivity contribution in [3.05, 3.63) is 12.0 Å². The molecule has 1 heterocycles.